The zero-order valence-corrected chi connectivity index (χ0v) is 10.4. The Labute approximate surface area is 96.9 Å². The summed E-state index contributed by atoms with van der Waals surface area (Å²) in [6, 6.07) is 3.57. The van der Waals surface area contributed by atoms with Gasteiger partial charge in [-0.1, -0.05) is 6.07 Å². The minimum atomic E-state index is -1.01. The van der Waals surface area contributed by atoms with Crippen LogP contribution in [0.3, 0.4) is 0 Å². The van der Waals surface area contributed by atoms with E-state index in [1.54, 1.807) is 25.3 Å². The van der Waals surface area contributed by atoms with Crippen LogP contribution in [-0.4, -0.2) is 22.2 Å². The lowest BCUT2D eigenvalue weighted by Gasteiger charge is -2.30. The van der Waals surface area contributed by atoms with Gasteiger partial charge in [0.2, 0.25) is 0 Å². The van der Waals surface area contributed by atoms with E-state index in [0.717, 1.165) is 0 Å². The molecule has 0 aromatic carbocycles. The molecule has 0 fully saturated rings. The van der Waals surface area contributed by atoms with Gasteiger partial charge < -0.3 is 16.2 Å². The van der Waals surface area contributed by atoms with Gasteiger partial charge in [-0.2, -0.15) is 0 Å². The molecular weight excluding hydrogens is 202 g/mol. The molecule has 4 N–H and O–H groups in total. The molecule has 0 saturated heterocycles. The Morgan fingerprint density at radius 1 is 1.38 bits per heavy atom. The number of rotatable bonds is 3. The predicted molar refractivity (Wildman–Crippen MR) is 66.0 cm³/mol. The van der Waals surface area contributed by atoms with Gasteiger partial charge in [0.15, 0.2) is 0 Å². The third-order valence-electron chi connectivity index (χ3n) is 2.38. The molecule has 1 rings (SSSR count). The minimum Gasteiger partial charge on any atom is -0.384 e. The molecular formula is C12H21N3O. The van der Waals surface area contributed by atoms with E-state index in [9.17, 15) is 5.11 Å². The number of β-amino-alcohol motifs (C(OH)–C–C–N with tert-alkyl or cyclic N) is 1. The van der Waals surface area contributed by atoms with Gasteiger partial charge in [-0.05, 0) is 33.8 Å². The fourth-order valence-corrected chi connectivity index (χ4v) is 1.41. The van der Waals surface area contributed by atoms with Crippen molar-refractivity contribution in [2.75, 3.05) is 12.3 Å². The Balaban J connectivity index is 2.82. The SMILES string of the molecule is CC(C)(C)NCC(C)(O)c1cccnc1N. The number of pyridine rings is 1. The second-order valence-corrected chi connectivity index (χ2v) is 5.31. The van der Waals surface area contributed by atoms with E-state index >= 15 is 0 Å². The maximum absolute atomic E-state index is 10.3. The zero-order chi connectivity index (χ0) is 12.4. The third kappa shape index (κ3) is 3.47. The Morgan fingerprint density at radius 3 is 2.50 bits per heavy atom. The zero-order valence-electron chi connectivity index (χ0n) is 10.4. The Morgan fingerprint density at radius 2 is 2.00 bits per heavy atom. The highest BCUT2D eigenvalue weighted by Crippen LogP contribution is 2.24. The summed E-state index contributed by atoms with van der Waals surface area (Å²) in [5, 5.41) is 13.6. The van der Waals surface area contributed by atoms with Crippen molar-refractivity contribution >= 4 is 5.82 Å². The average molecular weight is 223 g/mol. The predicted octanol–water partition coefficient (Wildman–Crippen LogP) is 1.26. The van der Waals surface area contributed by atoms with E-state index in [4.69, 9.17) is 5.73 Å². The van der Waals surface area contributed by atoms with Crippen LogP contribution in [0.5, 0.6) is 0 Å². The van der Waals surface area contributed by atoms with Gasteiger partial charge in [-0.3, -0.25) is 0 Å². The summed E-state index contributed by atoms with van der Waals surface area (Å²) >= 11 is 0. The molecule has 16 heavy (non-hydrogen) atoms. The highest BCUT2D eigenvalue weighted by Gasteiger charge is 2.27. The van der Waals surface area contributed by atoms with Crippen LogP contribution in [0.25, 0.3) is 0 Å². The number of nitrogens with zero attached hydrogens (tertiary/aromatic N) is 1. The van der Waals surface area contributed by atoms with Crippen LogP contribution in [-0.2, 0) is 5.60 Å². The third-order valence-corrected chi connectivity index (χ3v) is 2.38. The number of anilines is 1. The summed E-state index contributed by atoms with van der Waals surface area (Å²) in [5.41, 5.74) is 5.36. The average Bonchev–Trinajstić information content (AvgIpc) is 2.14. The van der Waals surface area contributed by atoms with E-state index in [1.807, 2.05) is 0 Å². The van der Waals surface area contributed by atoms with Gasteiger partial charge in [-0.25, -0.2) is 4.98 Å². The van der Waals surface area contributed by atoms with Gasteiger partial charge in [0, 0.05) is 23.8 Å². The molecule has 1 atom stereocenters. The van der Waals surface area contributed by atoms with Crippen molar-refractivity contribution in [3.63, 3.8) is 0 Å². The molecule has 90 valence electrons. The Kier molecular flexibility index (Phi) is 3.55. The molecule has 1 aromatic rings. The summed E-state index contributed by atoms with van der Waals surface area (Å²) in [7, 11) is 0. The van der Waals surface area contributed by atoms with Gasteiger partial charge >= 0.3 is 0 Å². The standard InChI is InChI=1S/C12H21N3O/c1-11(2,3)15-8-12(4,16)9-6-5-7-14-10(9)13/h5-7,15-16H,8H2,1-4H3,(H2,13,14). The number of hydrogen-bond donors (Lipinski definition) is 3. The first-order valence-corrected chi connectivity index (χ1v) is 5.41. The maximum atomic E-state index is 10.3. The van der Waals surface area contributed by atoms with Crippen LogP contribution in [0, 0.1) is 0 Å². The molecule has 0 aliphatic rings. The number of nitrogens with one attached hydrogen (secondary N) is 1. The summed E-state index contributed by atoms with van der Waals surface area (Å²) in [5.74, 6) is 0.378. The first-order chi connectivity index (χ1) is 7.22. The molecule has 1 unspecified atom stereocenters. The monoisotopic (exact) mass is 223 g/mol. The van der Waals surface area contributed by atoms with Gasteiger partial charge in [0.1, 0.15) is 11.4 Å². The largest absolute Gasteiger partial charge is 0.384 e. The van der Waals surface area contributed by atoms with Gasteiger partial charge in [0.25, 0.3) is 0 Å². The number of aliphatic hydroxyl groups is 1. The molecule has 1 heterocycles. The summed E-state index contributed by atoms with van der Waals surface area (Å²) < 4.78 is 0. The summed E-state index contributed by atoms with van der Waals surface area (Å²) in [4.78, 5) is 3.98. The normalized spacial score (nSPS) is 15.8. The second kappa shape index (κ2) is 4.39. The molecule has 0 radical (unpaired) electrons. The number of nitrogen functional groups attached to an aromatic ring is 1. The number of nitrogens with two attached hydrogens (primary N) is 1. The van der Waals surface area contributed by atoms with Gasteiger partial charge in [0.05, 0.1) is 0 Å². The van der Waals surface area contributed by atoms with Crippen LogP contribution in [0.15, 0.2) is 18.3 Å². The molecule has 0 bridgehead atoms. The first-order valence-electron chi connectivity index (χ1n) is 5.41. The van der Waals surface area contributed by atoms with Crippen LogP contribution >= 0.6 is 0 Å². The maximum Gasteiger partial charge on any atom is 0.129 e. The van der Waals surface area contributed by atoms with Crippen molar-refractivity contribution in [2.45, 2.75) is 38.8 Å². The van der Waals surface area contributed by atoms with Crippen molar-refractivity contribution in [2.24, 2.45) is 0 Å². The van der Waals surface area contributed by atoms with Crippen molar-refractivity contribution in [1.29, 1.82) is 0 Å². The van der Waals surface area contributed by atoms with E-state index in [1.165, 1.54) is 0 Å². The summed E-state index contributed by atoms with van der Waals surface area (Å²) in [6.45, 7) is 8.33. The van der Waals surface area contributed by atoms with E-state index in [-0.39, 0.29) is 5.54 Å². The second-order valence-electron chi connectivity index (χ2n) is 5.31. The number of hydrogen-bond acceptors (Lipinski definition) is 4. The molecule has 0 aliphatic carbocycles. The van der Waals surface area contributed by atoms with Crippen molar-refractivity contribution in [3.05, 3.63) is 23.9 Å². The van der Waals surface area contributed by atoms with Crippen LogP contribution in [0.2, 0.25) is 0 Å². The highest BCUT2D eigenvalue weighted by atomic mass is 16.3. The van der Waals surface area contributed by atoms with Crippen molar-refractivity contribution < 1.29 is 5.11 Å². The number of aromatic nitrogens is 1. The lowest BCUT2D eigenvalue weighted by atomic mass is 9.95. The van der Waals surface area contributed by atoms with Crippen LogP contribution in [0.1, 0.15) is 33.3 Å². The highest BCUT2D eigenvalue weighted by molar-refractivity contribution is 5.42. The van der Waals surface area contributed by atoms with Crippen molar-refractivity contribution in [1.82, 2.24) is 10.3 Å². The minimum absolute atomic E-state index is 0.0407. The van der Waals surface area contributed by atoms with Gasteiger partial charge in [-0.15, -0.1) is 0 Å². The molecule has 0 aliphatic heterocycles. The molecule has 0 saturated carbocycles. The fraction of sp³-hybridized carbons (Fsp3) is 0.583. The molecule has 1 aromatic heterocycles. The quantitative estimate of drug-likeness (QED) is 0.721. The fourth-order valence-electron chi connectivity index (χ4n) is 1.41. The molecule has 4 nitrogen and oxygen atoms in total. The van der Waals surface area contributed by atoms with E-state index < -0.39 is 5.60 Å². The van der Waals surface area contributed by atoms with Crippen molar-refractivity contribution in [3.8, 4) is 0 Å². The lowest BCUT2D eigenvalue weighted by Crippen LogP contribution is -2.45. The first kappa shape index (κ1) is 12.9. The Bertz CT molecular complexity index is 356. The Hall–Kier alpha value is -1.13. The van der Waals surface area contributed by atoms with E-state index in [0.29, 0.717) is 17.9 Å². The lowest BCUT2D eigenvalue weighted by molar-refractivity contribution is 0.0506. The molecule has 0 spiro atoms. The molecule has 0 amide bonds. The van der Waals surface area contributed by atoms with Crippen LogP contribution in [0.4, 0.5) is 5.82 Å². The molecule has 4 heteroatoms. The van der Waals surface area contributed by atoms with Crippen LogP contribution < -0.4 is 11.1 Å². The topological polar surface area (TPSA) is 71.2 Å². The smallest absolute Gasteiger partial charge is 0.129 e. The van der Waals surface area contributed by atoms with E-state index in [2.05, 4.69) is 31.1 Å². The summed E-state index contributed by atoms with van der Waals surface area (Å²) in [6.07, 6.45) is 1.62.